The number of benzene rings is 1. The van der Waals surface area contributed by atoms with Crippen LogP contribution in [0.4, 0.5) is 0 Å². The Kier molecular flexibility index (Phi) is 5.46. The Morgan fingerprint density at radius 1 is 1.19 bits per heavy atom. The Labute approximate surface area is 180 Å². The maximum absolute atomic E-state index is 12.4. The lowest BCUT2D eigenvalue weighted by Gasteiger charge is -2.15. The highest BCUT2D eigenvalue weighted by Gasteiger charge is 2.18. The summed E-state index contributed by atoms with van der Waals surface area (Å²) in [4.78, 5) is 21.4. The summed E-state index contributed by atoms with van der Waals surface area (Å²) in [6.07, 6.45) is 3.66. The van der Waals surface area contributed by atoms with Crippen molar-refractivity contribution in [1.29, 1.82) is 0 Å². The van der Waals surface area contributed by atoms with Crippen molar-refractivity contribution in [1.82, 2.24) is 29.6 Å². The molecular weight excluding hydrogens is 392 g/mol. The van der Waals surface area contributed by atoms with Gasteiger partial charge in [0, 0.05) is 26.4 Å². The molecule has 0 saturated carbocycles. The zero-order valence-corrected chi connectivity index (χ0v) is 18.4. The SMILES string of the molecule is Cc1ccc(C(C)NC(=O)COc2cc(C)c3c(-c4cn(C)cn4)nn(C)c3n2)cc1. The molecule has 8 heteroatoms. The fourth-order valence-corrected chi connectivity index (χ4v) is 3.55. The monoisotopic (exact) mass is 418 g/mol. The normalized spacial score (nSPS) is 12.2. The summed E-state index contributed by atoms with van der Waals surface area (Å²) >= 11 is 0. The highest BCUT2D eigenvalue weighted by atomic mass is 16.5. The Balaban J connectivity index is 1.48. The van der Waals surface area contributed by atoms with Crippen LogP contribution >= 0.6 is 0 Å². The number of hydrogen-bond donors (Lipinski definition) is 1. The molecule has 0 aliphatic carbocycles. The zero-order valence-electron chi connectivity index (χ0n) is 18.4. The van der Waals surface area contributed by atoms with E-state index in [2.05, 4.69) is 20.4 Å². The molecule has 4 aromatic rings. The number of nitrogens with one attached hydrogen (secondary N) is 1. The van der Waals surface area contributed by atoms with E-state index in [4.69, 9.17) is 4.74 Å². The van der Waals surface area contributed by atoms with Crippen molar-refractivity contribution in [2.24, 2.45) is 14.1 Å². The van der Waals surface area contributed by atoms with Crippen molar-refractivity contribution in [3.63, 3.8) is 0 Å². The zero-order chi connectivity index (χ0) is 22.1. The second-order valence-corrected chi connectivity index (χ2v) is 7.86. The molecule has 1 aromatic carbocycles. The lowest BCUT2D eigenvalue weighted by Crippen LogP contribution is -2.31. The lowest BCUT2D eigenvalue weighted by molar-refractivity contribution is -0.123. The molecule has 0 aliphatic heterocycles. The number of rotatable bonds is 6. The van der Waals surface area contributed by atoms with Crippen LogP contribution in [0.3, 0.4) is 0 Å². The van der Waals surface area contributed by atoms with Gasteiger partial charge in [0.1, 0.15) is 11.4 Å². The molecule has 0 radical (unpaired) electrons. The van der Waals surface area contributed by atoms with Crippen molar-refractivity contribution in [3.05, 3.63) is 59.5 Å². The van der Waals surface area contributed by atoms with Gasteiger partial charge in [-0.3, -0.25) is 4.79 Å². The first kappa shape index (κ1) is 20.6. The van der Waals surface area contributed by atoms with Gasteiger partial charge in [0.15, 0.2) is 12.3 Å². The van der Waals surface area contributed by atoms with Gasteiger partial charge in [0.25, 0.3) is 5.91 Å². The molecule has 31 heavy (non-hydrogen) atoms. The van der Waals surface area contributed by atoms with Crippen LogP contribution in [0.5, 0.6) is 5.88 Å². The molecule has 0 spiro atoms. The van der Waals surface area contributed by atoms with Crippen LogP contribution in [-0.2, 0) is 18.9 Å². The fraction of sp³-hybridized carbons (Fsp3) is 0.304. The number of aryl methyl sites for hydroxylation is 4. The van der Waals surface area contributed by atoms with Gasteiger partial charge in [-0.1, -0.05) is 29.8 Å². The molecule has 4 rings (SSSR count). The summed E-state index contributed by atoms with van der Waals surface area (Å²) in [5, 5.41) is 8.47. The molecule has 3 aromatic heterocycles. The number of amides is 1. The molecule has 0 aliphatic rings. The van der Waals surface area contributed by atoms with Gasteiger partial charge in [-0.2, -0.15) is 10.1 Å². The van der Waals surface area contributed by atoms with Crippen LogP contribution in [0.25, 0.3) is 22.4 Å². The summed E-state index contributed by atoms with van der Waals surface area (Å²) in [6.45, 7) is 5.85. The van der Waals surface area contributed by atoms with Gasteiger partial charge in [-0.15, -0.1) is 0 Å². The first-order valence-corrected chi connectivity index (χ1v) is 10.1. The van der Waals surface area contributed by atoms with Gasteiger partial charge in [0.2, 0.25) is 5.88 Å². The van der Waals surface area contributed by atoms with Gasteiger partial charge < -0.3 is 14.6 Å². The van der Waals surface area contributed by atoms with E-state index in [1.165, 1.54) is 5.56 Å². The van der Waals surface area contributed by atoms with Crippen molar-refractivity contribution in [2.45, 2.75) is 26.8 Å². The van der Waals surface area contributed by atoms with E-state index in [0.29, 0.717) is 11.5 Å². The largest absolute Gasteiger partial charge is 0.468 e. The second-order valence-electron chi connectivity index (χ2n) is 7.86. The Hall–Kier alpha value is -3.68. The molecule has 3 heterocycles. The third-order valence-electron chi connectivity index (χ3n) is 5.22. The van der Waals surface area contributed by atoms with E-state index in [1.54, 1.807) is 11.0 Å². The summed E-state index contributed by atoms with van der Waals surface area (Å²) in [5.74, 6) is 0.186. The Morgan fingerprint density at radius 2 is 1.94 bits per heavy atom. The first-order chi connectivity index (χ1) is 14.8. The summed E-state index contributed by atoms with van der Waals surface area (Å²) in [5.41, 5.74) is 5.44. The molecular formula is C23H26N6O2. The summed E-state index contributed by atoms with van der Waals surface area (Å²) < 4.78 is 9.29. The average Bonchev–Trinajstić information content (AvgIpc) is 3.30. The van der Waals surface area contributed by atoms with Gasteiger partial charge in [0.05, 0.1) is 17.8 Å². The van der Waals surface area contributed by atoms with E-state index in [0.717, 1.165) is 27.9 Å². The van der Waals surface area contributed by atoms with E-state index in [9.17, 15) is 4.79 Å². The number of imidazole rings is 1. The van der Waals surface area contributed by atoms with Gasteiger partial charge >= 0.3 is 0 Å². The molecule has 1 amide bonds. The molecule has 1 atom stereocenters. The topological polar surface area (TPSA) is 86.9 Å². The predicted octanol–water partition coefficient (Wildman–Crippen LogP) is 3.24. The van der Waals surface area contributed by atoms with Crippen molar-refractivity contribution in [2.75, 3.05) is 6.61 Å². The summed E-state index contributed by atoms with van der Waals surface area (Å²) in [6, 6.07) is 9.82. The second kappa shape index (κ2) is 8.22. The van der Waals surface area contributed by atoms with Gasteiger partial charge in [-0.25, -0.2) is 9.67 Å². The van der Waals surface area contributed by atoms with E-state index in [-0.39, 0.29) is 18.6 Å². The molecule has 1 N–H and O–H groups in total. The Morgan fingerprint density at radius 3 is 2.61 bits per heavy atom. The highest BCUT2D eigenvalue weighted by Crippen LogP contribution is 2.30. The van der Waals surface area contributed by atoms with E-state index in [1.807, 2.05) is 76.0 Å². The minimum absolute atomic E-state index is 0.105. The number of aromatic nitrogens is 5. The van der Waals surface area contributed by atoms with Crippen LogP contribution in [0, 0.1) is 13.8 Å². The number of nitrogens with zero attached hydrogens (tertiary/aromatic N) is 5. The van der Waals surface area contributed by atoms with Crippen molar-refractivity contribution >= 4 is 16.9 Å². The number of carbonyl (C=O) groups excluding carboxylic acids is 1. The molecule has 160 valence electrons. The molecule has 8 nitrogen and oxygen atoms in total. The maximum Gasteiger partial charge on any atom is 0.258 e. The van der Waals surface area contributed by atoms with Crippen molar-refractivity contribution in [3.8, 4) is 17.3 Å². The number of ether oxygens (including phenoxy) is 1. The maximum atomic E-state index is 12.4. The minimum atomic E-state index is -0.202. The van der Waals surface area contributed by atoms with Crippen LogP contribution in [0.1, 0.15) is 29.7 Å². The number of pyridine rings is 1. The molecule has 0 fully saturated rings. The quantitative estimate of drug-likeness (QED) is 0.519. The first-order valence-electron chi connectivity index (χ1n) is 10.1. The van der Waals surface area contributed by atoms with Crippen molar-refractivity contribution < 1.29 is 9.53 Å². The third kappa shape index (κ3) is 4.28. The summed E-state index contributed by atoms with van der Waals surface area (Å²) in [7, 11) is 3.75. The van der Waals surface area contributed by atoms with Gasteiger partial charge in [-0.05, 0) is 31.9 Å². The molecule has 0 saturated heterocycles. The Bertz CT molecular complexity index is 1240. The number of fused-ring (bicyclic) bond motifs is 1. The van der Waals surface area contributed by atoms with Crippen LogP contribution in [0.15, 0.2) is 42.9 Å². The molecule has 1 unspecified atom stereocenters. The van der Waals surface area contributed by atoms with Crippen LogP contribution < -0.4 is 10.1 Å². The van der Waals surface area contributed by atoms with E-state index >= 15 is 0 Å². The van der Waals surface area contributed by atoms with Crippen LogP contribution in [-0.4, -0.2) is 36.8 Å². The smallest absolute Gasteiger partial charge is 0.258 e. The van der Waals surface area contributed by atoms with E-state index < -0.39 is 0 Å². The lowest BCUT2D eigenvalue weighted by atomic mass is 10.1. The molecule has 0 bridgehead atoms. The predicted molar refractivity (Wildman–Crippen MR) is 119 cm³/mol. The fourth-order valence-electron chi connectivity index (χ4n) is 3.55. The standard InChI is InChI=1S/C23H26N6O2/c1-14-6-8-17(9-7-14)16(3)25-19(30)12-31-20-10-15(2)21-22(18-11-28(4)13-24-18)27-29(5)23(21)26-20/h6-11,13,16H,12H2,1-5H3,(H,25,30). The minimum Gasteiger partial charge on any atom is -0.468 e. The number of carbonyl (C=O) groups is 1. The van der Waals surface area contributed by atoms with Crippen LogP contribution in [0.2, 0.25) is 0 Å². The highest BCUT2D eigenvalue weighted by molar-refractivity contribution is 5.93. The number of hydrogen-bond acceptors (Lipinski definition) is 5. The average molecular weight is 419 g/mol. The third-order valence-corrected chi connectivity index (χ3v) is 5.22.